The first kappa shape index (κ1) is 17.1. The molecule has 2 aromatic carbocycles. The molecule has 0 aliphatic carbocycles. The van der Waals surface area contributed by atoms with Gasteiger partial charge < -0.3 is 14.4 Å². The fourth-order valence-electron chi connectivity index (χ4n) is 3.13. The van der Waals surface area contributed by atoms with Gasteiger partial charge in [0.1, 0.15) is 12.6 Å². The third-order valence-corrected chi connectivity index (χ3v) is 4.61. The highest BCUT2D eigenvalue weighted by molar-refractivity contribution is 5.80. The number of benzene rings is 2. The lowest BCUT2D eigenvalue weighted by atomic mass is 10.1. The van der Waals surface area contributed by atoms with E-state index in [-0.39, 0.29) is 24.1 Å². The fraction of sp³-hybridized carbons (Fsp3) is 0.250. The number of fused-ring (bicyclic) bond motifs is 1. The standard InChI is InChI=1S/C20H19N3O4/c1-26-17-8-4-5-9-18(17)27-14-11-22(12-14)20(25)13-23-16-7-3-2-6-15(16)21-10-19(23)24/h2-10,14H,11-13H2,1H3. The highest BCUT2D eigenvalue weighted by Gasteiger charge is 2.33. The van der Waals surface area contributed by atoms with E-state index in [1.165, 1.54) is 10.8 Å². The number of amides is 1. The maximum atomic E-state index is 12.6. The Morgan fingerprint density at radius 2 is 1.81 bits per heavy atom. The first-order valence-electron chi connectivity index (χ1n) is 8.68. The number of para-hydroxylation sites is 4. The Kier molecular flexibility index (Phi) is 4.50. The summed E-state index contributed by atoms with van der Waals surface area (Å²) in [6.07, 6.45) is 1.16. The van der Waals surface area contributed by atoms with Crippen LogP contribution in [0.25, 0.3) is 11.0 Å². The van der Waals surface area contributed by atoms with Crippen LogP contribution in [0.2, 0.25) is 0 Å². The molecule has 0 N–H and O–H groups in total. The number of likely N-dealkylation sites (tertiary alicyclic amines) is 1. The van der Waals surface area contributed by atoms with Crippen LogP contribution >= 0.6 is 0 Å². The van der Waals surface area contributed by atoms with Gasteiger partial charge in [-0.1, -0.05) is 24.3 Å². The summed E-state index contributed by atoms with van der Waals surface area (Å²) in [6, 6.07) is 14.7. The van der Waals surface area contributed by atoms with E-state index < -0.39 is 0 Å². The van der Waals surface area contributed by atoms with Gasteiger partial charge in [0.25, 0.3) is 5.56 Å². The normalized spacial score (nSPS) is 14.0. The zero-order chi connectivity index (χ0) is 18.8. The van der Waals surface area contributed by atoms with E-state index in [0.717, 1.165) is 0 Å². The molecule has 0 radical (unpaired) electrons. The largest absolute Gasteiger partial charge is 0.493 e. The molecule has 7 nitrogen and oxygen atoms in total. The predicted octanol–water partition coefficient (Wildman–Crippen LogP) is 1.69. The zero-order valence-corrected chi connectivity index (χ0v) is 14.9. The Hall–Kier alpha value is -3.35. The number of nitrogens with zero attached hydrogens (tertiary/aromatic N) is 3. The molecule has 0 bridgehead atoms. The summed E-state index contributed by atoms with van der Waals surface area (Å²) >= 11 is 0. The lowest BCUT2D eigenvalue weighted by molar-refractivity contribution is -0.140. The van der Waals surface area contributed by atoms with E-state index in [2.05, 4.69) is 4.98 Å². The van der Waals surface area contributed by atoms with Gasteiger partial charge in [0.2, 0.25) is 5.91 Å². The lowest BCUT2D eigenvalue weighted by Crippen LogP contribution is -2.57. The number of carbonyl (C=O) groups is 1. The molecular weight excluding hydrogens is 346 g/mol. The highest BCUT2D eigenvalue weighted by Crippen LogP contribution is 2.28. The molecule has 4 rings (SSSR count). The van der Waals surface area contributed by atoms with Crippen LogP contribution in [0.5, 0.6) is 11.5 Å². The Morgan fingerprint density at radius 3 is 2.59 bits per heavy atom. The molecule has 7 heteroatoms. The number of hydrogen-bond acceptors (Lipinski definition) is 5. The third kappa shape index (κ3) is 3.36. The van der Waals surface area contributed by atoms with Gasteiger partial charge in [-0.3, -0.25) is 14.2 Å². The van der Waals surface area contributed by atoms with Gasteiger partial charge >= 0.3 is 0 Å². The van der Waals surface area contributed by atoms with Crippen LogP contribution in [0.15, 0.2) is 59.5 Å². The Balaban J connectivity index is 1.42. The zero-order valence-electron chi connectivity index (χ0n) is 14.9. The van der Waals surface area contributed by atoms with Crippen molar-refractivity contribution >= 4 is 16.9 Å². The highest BCUT2D eigenvalue weighted by atomic mass is 16.5. The summed E-state index contributed by atoms with van der Waals surface area (Å²) < 4.78 is 12.6. The molecule has 2 heterocycles. The van der Waals surface area contributed by atoms with Gasteiger partial charge in [-0.15, -0.1) is 0 Å². The summed E-state index contributed by atoms with van der Waals surface area (Å²) in [7, 11) is 1.59. The maximum absolute atomic E-state index is 12.6. The topological polar surface area (TPSA) is 73.7 Å². The third-order valence-electron chi connectivity index (χ3n) is 4.61. The van der Waals surface area contributed by atoms with Crippen molar-refractivity contribution in [2.75, 3.05) is 20.2 Å². The molecule has 1 aliphatic heterocycles. The Labute approximate surface area is 155 Å². The van der Waals surface area contributed by atoms with Gasteiger partial charge in [0.15, 0.2) is 11.5 Å². The minimum absolute atomic E-state index is 0.0107. The predicted molar refractivity (Wildman–Crippen MR) is 100.0 cm³/mol. The molecule has 1 aliphatic rings. The van der Waals surface area contributed by atoms with Crippen LogP contribution < -0.4 is 15.0 Å². The molecule has 0 spiro atoms. The number of hydrogen-bond donors (Lipinski definition) is 0. The molecule has 1 fully saturated rings. The van der Waals surface area contributed by atoms with Crippen molar-refractivity contribution in [3.63, 3.8) is 0 Å². The van der Waals surface area contributed by atoms with Crippen LogP contribution in [0, 0.1) is 0 Å². The minimum atomic E-state index is -0.288. The van der Waals surface area contributed by atoms with Crippen molar-refractivity contribution in [3.8, 4) is 11.5 Å². The molecule has 138 valence electrons. The lowest BCUT2D eigenvalue weighted by Gasteiger charge is -2.39. The molecule has 0 atom stereocenters. The first-order valence-corrected chi connectivity index (χ1v) is 8.68. The van der Waals surface area contributed by atoms with Gasteiger partial charge in [0.05, 0.1) is 37.4 Å². The smallest absolute Gasteiger partial charge is 0.269 e. The van der Waals surface area contributed by atoms with Crippen molar-refractivity contribution in [3.05, 3.63) is 65.1 Å². The molecule has 1 amide bonds. The van der Waals surface area contributed by atoms with E-state index in [0.29, 0.717) is 35.6 Å². The van der Waals surface area contributed by atoms with E-state index in [4.69, 9.17) is 9.47 Å². The summed E-state index contributed by atoms with van der Waals surface area (Å²) in [5.41, 5.74) is 1.05. The number of methoxy groups -OCH3 is 1. The van der Waals surface area contributed by atoms with Crippen molar-refractivity contribution in [1.29, 1.82) is 0 Å². The number of aromatic nitrogens is 2. The quantitative estimate of drug-likeness (QED) is 0.688. The maximum Gasteiger partial charge on any atom is 0.269 e. The Morgan fingerprint density at radius 1 is 1.11 bits per heavy atom. The average molecular weight is 365 g/mol. The van der Waals surface area contributed by atoms with Crippen LogP contribution in [0.1, 0.15) is 0 Å². The van der Waals surface area contributed by atoms with E-state index in [9.17, 15) is 9.59 Å². The van der Waals surface area contributed by atoms with E-state index in [1.54, 1.807) is 18.1 Å². The number of rotatable bonds is 5. The number of carbonyl (C=O) groups excluding carboxylic acids is 1. The molecule has 1 aromatic heterocycles. The van der Waals surface area contributed by atoms with Crippen molar-refractivity contribution in [1.82, 2.24) is 14.5 Å². The number of ether oxygens (including phenoxy) is 2. The minimum Gasteiger partial charge on any atom is -0.493 e. The van der Waals surface area contributed by atoms with Gasteiger partial charge in [-0.2, -0.15) is 0 Å². The fourth-order valence-corrected chi connectivity index (χ4v) is 3.13. The van der Waals surface area contributed by atoms with Gasteiger partial charge in [-0.05, 0) is 24.3 Å². The molecule has 27 heavy (non-hydrogen) atoms. The SMILES string of the molecule is COc1ccccc1OC1CN(C(=O)Cn2c(=O)cnc3ccccc32)C1. The second-order valence-corrected chi connectivity index (χ2v) is 6.36. The molecule has 3 aromatic rings. The van der Waals surface area contributed by atoms with Crippen LogP contribution in [0.3, 0.4) is 0 Å². The molecule has 0 saturated carbocycles. The summed E-state index contributed by atoms with van der Waals surface area (Å²) in [6.45, 7) is 0.951. The molecule has 0 unspecified atom stereocenters. The summed E-state index contributed by atoms with van der Waals surface area (Å²) in [5.74, 6) is 1.21. The van der Waals surface area contributed by atoms with Crippen molar-refractivity contribution in [2.24, 2.45) is 0 Å². The second-order valence-electron chi connectivity index (χ2n) is 6.36. The summed E-state index contributed by atoms with van der Waals surface area (Å²) in [4.78, 5) is 30.5. The van der Waals surface area contributed by atoms with Crippen LogP contribution in [-0.4, -0.2) is 46.7 Å². The monoisotopic (exact) mass is 365 g/mol. The Bertz CT molecular complexity index is 1040. The summed E-state index contributed by atoms with van der Waals surface area (Å²) in [5, 5.41) is 0. The van der Waals surface area contributed by atoms with Gasteiger partial charge in [0, 0.05) is 0 Å². The molecular formula is C20H19N3O4. The second kappa shape index (κ2) is 7.11. The van der Waals surface area contributed by atoms with Crippen LogP contribution in [-0.2, 0) is 11.3 Å². The molecule has 1 saturated heterocycles. The van der Waals surface area contributed by atoms with E-state index in [1.807, 2.05) is 42.5 Å². The van der Waals surface area contributed by atoms with Crippen LogP contribution in [0.4, 0.5) is 0 Å². The van der Waals surface area contributed by atoms with Gasteiger partial charge in [-0.25, -0.2) is 4.98 Å². The van der Waals surface area contributed by atoms with Crippen molar-refractivity contribution in [2.45, 2.75) is 12.6 Å². The first-order chi connectivity index (χ1) is 13.2. The average Bonchev–Trinajstić information content (AvgIpc) is 2.66. The van der Waals surface area contributed by atoms with Crippen molar-refractivity contribution < 1.29 is 14.3 Å². The van der Waals surface area contributed by atoms with E-state index >= 15 is 0 Å².